The van der Waals surface area contributed by atoms with Gasteiger partial charge in [0.2, 0.25) is 0 Å². The molecule has 3 nitrogen and oxygen atoms in total. The van der Waals surface area contributed by atoms with Crippen LogP contribution in [-0.4, -0.2) is 22.7 Å². The topological polar surface area (TPSA) is 45.1 Å². The zero-order valence-corrected chi connectivity index (χ0v) is 11.5. The highest BCUT2D eigenvalue weighted by Gasteiger charge is 2.30. The van der Waals surface area contributed by atoms with Crippen molar-refractivity contribution < 1.29 is 9.50 Å². The van der Waals surface area contributed by atoms with Gasteiger partial charge in [0, 0.05) is 6.04 Å². The molecule has 1 unspecified atom stereocenters. The maximum atomic E-state index is 12.9. The Morgan fingerprint density at radius 1 is 1.32 bits per heavy atom. The van der Waals surface area contributed by atoms with E-state index in [1.165, 1.54) is 37.9 Å². The molecule has 1 aromatic heterocycles. The van der Waals surface area contributed by atoms with Gasteiger partial charge in [0.05, 0.1) is 24.0 Å². The van der Waals surface area contributed by atoms with Crippen LogP contribution >= 0.6 is 0 Å². The zero-order valence-electron chi connectivity index (χ0n) is 11.5. The number of aromatic nitrogens is 1. The van der Waals surface area contributed by atoms with Crippen LogP contribution in [0.1, 0.15) is 51.1 Å². The second kappa shape index (κ2) is 6.44. The van der Waals surface area contributed by atoms with Gasteiger partial charge in [-0.1, -0.05) is 25.7 Å². The molecule has 0 saturated heterocycles. The van der Waals surface area contributed by atoms with Crippen molar-refractivity contribution >= 4 is 0 Å². The summed E-state index contributed by atoms with van der Waals surface area (Å²) < 4.78 is 12.9. The molecule has 2 rings (SSSR count). The van der Waals surface area contributed by atoms with E-state index >= 15 is 0 Å². The molecule has 106 valence electrons. The van der Waals surface area contributed by atoms with Gasteiger partial charge in [-0.25, -0.2) is 4.39 Å². The molecule has 1 saturated carbocycles. The first kappa shape index (κ1) is 14.4. The predicted molar refractivity (Wildman–Crippen MR) is 73.3 cm³/mol. The third-order valence-electron chi connectivity index (χ3n) is 3.99. The molecule has 0 aliphatic heterocycles. The molecule has 2 N–H and O–H groups in total. The van der Waals surface area contributed by atoms with Gasteiger partial charge in [0.25, 0.3) is 0 Å². The van der Waals surface area contributed by atoms with E-state index in [4.69, 9.17) is 0 Å². The van der Waals surface area contributed by atoms with Crippen molar-refractivity contribution in [2.75, 3.05) is 6.61 Å². The summed E-state index contributed by atoms with van der Waals surface area (Å²) in [6, 6.07) is 3.45. The van der Waals surface area contributed by atoms with Crippen molar-refractivity contribution in [2.24, 2.45) is 0 Å². The van der Waals surface area contributed by atoms with E-state index in [-0.39, 0.29) is 12.4 Å². The third kappa shape index (κ3) is 3.74. The van der Waals surface area contributed by atoms with Crippen LogP contribution in [0.3, 0.4) is 0 Å². The van der Waals surface area contributed by atoms with Gasteiger partial charge in [-0.3, -0.25) is 4.98 Å². The fraction of sp³-hybridized carbons (Fsp3) is 0.667. The van der Waals surface area contributed by atoms with Crippen molar-refractivity contribution in [1.29, 1.82) is 0 Å². The van der Waals surface area contributed by atoms with E-state index < -0.39 is 5.54 Å². The summed E-state index contributed by atoms with van der Waals surface area (Å²) in [5, 5.41) is 13.2. The zero-order chi connectivity index (χ0) is 13.7. The Kier molecular flexibility index (Phi) is 4.88. The number of nitrogens with zero attached hydrogens (tertiary/aromatic N) is 1. The van der Waals surface area contributed by atoms with Gasteiger partial charge in [0.15, 0.2) is 0 Å². The molecule has 1 fully saturated rings. The maximum absolute atomic E-state index is 12.9. The quantitative estimate of drug-likeness (QED) is 0.824. The van der Waals surface area contributed by atoms with E-state index in [0.29, 0.717) is 11.7 Å². The number of nitrogens with one attached hydrogen (secondary N) is 1. The Morgan fingerprint density at radius 2 is 2.00 bits per heavy atom. The molecule has 0 bridgehead atoms. The van der Waals surface area contributed by atoms with Crippen molar-refractivity contribution in [2.45, 2.75) is 57.0 Å². The number of rotatable bonds is 4. The fourth-order valence-corrected chi connectivity index (χ4v) is 2.78. The van der Waals surface area contributed by atoms with Gasteiger partial charge in [-0.2, -0.15) is 0 Å². The van der Waals surface area contributed by atoms with Crippen LogP contribution in [-0.2, 0) is 5.54 Å². The lowest BCUT2D eigenvalue weighted by molar-refractivity contribution is 0.153. The first-order valence-corrected chi connectivity index (χ1v) is 7.15. The molecule has 0 spiro atoms. The van der Waals surface area contributed by atoms with Gasteiger partial charge >= 0.3 is 0 Å². The van der Waals surface area contributed by atoms with Crippen LogP contribution < -0.4 is 5.32 Å². The summed E-state index contributed by atoms with van der Waals surface area (Å²) in [6.45, 7) is 1.89. The third-order valence-corrected chi connectivity index (χ3v) is 3.99. The standard InChI is InChI=1S/C15H23FN2O/c1-15(11-19,14-9-8-12(16)10-17-14)18-13-6-4-2-3-5-7-13/h8-10,13,18-19H,2-7,11H2,1H3. The molecule has 19 heavy (non-hydrogen) atoms. The molecular formula is C15H23FN2O. The Bertz CT molecular complexity index is 388. The number of aliphatic hydroxyl groups is 1. The van der Waals surface area contributed by atoms with Gasteiger partial charge < -0.3 is 10.4 Å². The van der Waals surface area contributed by atoms with Crippen molar-refractivity contribution in [3.8, 4) is 0 Å². The lowest BCUT2D eigenvalue weighted by Gasteiger charge is -2.33. The largest absolute Gasteiger partial charge is 0.394 e. The summed E-state index contributed by atoms with van der Waals surface area (Å²) >= 11 is 0. The van der Waals surface area contributed by atoms with Crippen LogP contribution in [0.5, 0.6) is 0 Å². The molecule has 1 heterocycles. The lowest BCUT2D eigenvalue weighted by Crippen LogP contribution is -2.48. The number of aliphatic hydroxyl groups excluding tert-OH is 1. The van der Waals surface area contributed by atoms with E-state index in [1.807, 2.05) is 6.92 Å². The summed E-state index contributed by atoms with van der Waals surface area (Å²) in [5.41, 5.74) is 0.101. The van der Waals surface area contributed by atoms with Crippen LogP contribution in [0.4, 0.5) is 4.39 Å². The minimum atomic E-state index is -0.595. The first-order chi connectivity index (χ1) is 9.14. The highest BCUT2D eigenvalue weighted by Crippen LogP contribution is 2.24. The molecule has 1 aliphatic carbocycles. The van der Waals surface area contributed by atoms with Crippen LogP contribution in [0.2, 0.25) is 0 Å². The molecule has 0 aromatic carbocycles. The van der Waals surface area contributed by atoms with Crippen LogP contribution in [0.25, 0.3) is 0 Å². The second-order valence-electron chi connectivity index (χ2n) is 5.68. The van der Waals surface area contributed by atoms with Gasteiger partial charge in [-0.15, -0.1) is 0 Å². The second-order valence-corrected chi connectivity index (χ2v) is 5.68. The van der Waals surface area contributed by atoms with Crippen molar-refractivity contribution in [3.63, 3.8) is 0 Å². The Hall–Kier alpha value is -1.00. The van der Waals surface area contributed by atoms with Crippen molar-refractivity contribution in [3.05, 3.63) is 29.8 Å². The van der Waals surface area contributed by atoms with Gasteiger partial charge in [0.1, 0.15) is 5.82 Å². The normalized spacial score (nSPS) is 20.8. The van der Waals surface area contributed by atoms with E-state index in [2.05, 4.69) is 10.3 Å². The predicted octanol–water partition coefficient (Wildman–Crippen LogP) is 2.74. The average molecular weight is 266 g/mol. The van der Waals surface area contributed by atoms with Crippen LogP contribution in [0, 0.1) is 5.82 Å². The number of hydrogen-bond donors (Lipinski definition) is 2. The van der Waals surface area contributed by atoms with Gasteiger partial charge in [-0.05, 0) is 31.9 Å². The number of halogens is 1. The van der Waals surface area contributed by atoms with Crippen LogP contribution in [0.15, 0.2) is 18.3 Å². The Morgan fingerprint density at radius 3 is 2.53 bits per heavy atom. The highest BCUT2D eigenvalue weighted by molar-refractivity contribution is 5.16. The highest BCUT2D eigenvalue weighted by atomic mass is 19.1. The first-order valence-electron chi connectivity index (χ1n) is 7.15. The molecule has 0 amide bonds. The molecule has 1 aromatic rings. The molecular weight excluding hydrogens is 243 g/mol. The molecule has 4 heteroatoms. The summed E-state index contributed by atoms with van der Waals surface area (Å²) in [7, 11) is 0. The summed E-state index contributed by atoms with van der Waals surface area (Å²) in [5.74, 6) is -0.349. The van der Waals surface area contributed by atoms with E-state index in [1.54, 1.807) is 6.07 Å². The monoisotopic (exact) mass is 266 g/mol. The fourth-order valence-electron chi connectivity index (χ4n) is 2.78. The lowest BCUT2D eigenvalue weighted by atomic mass is 9.95. The molecule has 0 radical (unpaired) electrons. The molecule has 1 atom stereocenters. The smallest absolute Gasteiger partial charge is 0.141 e. The van der Waals surface area contributed by atoms with E-state index in [9.17, 15) is 9.50 Å². The SMILES string of the molecule is CC(CO)(NC1CCCCCC1)c1ccc(F)cn1. The maximum Gasteiger partial charge on any atom is 0.141 e. The average Bonchev–Trinajstić information content (AvgIpc) is 2.68. The summed E-state index contributed by atoms with van der Waals surface area (Å²) in [4.78, 5) is 4.11. The van der Waals surface area contributed by atoms with E-state index in [0.717, 1.165) is 12.8 Å². The Labute approximate surface area is 114 Å². The summed E-state index contributed by atoms with van der Waals surface area (Å²) in [6.07, 6.45) is 8.53. The minimum Gasteiger partial charge on any atom is -0.394 e. The number of hydrogen-bond acceptors (Lipinski definition) is 3. The number of pyridine rings is 1. The van der Waals surface area contributed by atoms with Crippen molar-refractivity contribution in [1.82, 2.24) is 10.3 Å². The molecule has 1 aliphatic rings. The Balaban J connectivity index is 2.10. The minimum absolute atomic E-state index is 0.0396.